The Morgan fingerprint density at radius 3 is 1.73 bits per heavy atom. The Kier molecular flexibility index (Phi) is 14.8. The highest BCUT2D eigenvalue weighted by Crippen LogP contribution is 2.16. The lowest BCUT2D eigenvalue weighted by Gasteiger charge is -2.37. The van der Waals surface area contributed by atoms with Crippen LogP contribution < -0.4 is 10.0 Å². The molecule has 6 N–H and O–H groups in total. The predicted molar refractivity (Wildman–Crippen MR) is 158 cm³/mol. The van der Waals surface area contributed by atoms with Crippen molar-refractivity contribution < 1.29 is 39.6 Å². The molecule has 1 aliphatic rings. The number of aliphatic carboxylic acids is 4. The maximum absolute atomic E-state index is 11.9. The fourth-order valence-corrected chi connectivity index (χ4v) is 5.21. The molecule has 2 rings (SSSR count). The van der Waals surface area contributed by atoms with Gasteiger partial charge < -0.3 is 30.5 Å². The van der Waals surface area contributed by atoms with Crippen molar-refractivity contribution in [3.8, 4) is 0 Å². The Balaban J connectivity index is 2.37. The molecule has 0 bridgehead atoms. The summed E-state index contributed by atoms with van der Waals surface area (Å²) in [5.41, 5.74) is 1.65. The highest BCUT2D eigenvalue weighted by atomic mass is 32.2. The van der Waals surface area contributed by atoms with Crippen LogP contribution in [0.5, 0.6) is 0 Å². The second kappa shape index (κ2) is 17.7. The highest BCUT2D eigenvalue weighted by Gasteiger charge is 2.27. The molecule has 0 spiro atoms. The van der Waals surface area contributed by atoms with Gasteiger partial charge >= 0.3 is 23.9 Å². The van der Waals surface area contributed by atoms with E-state index in [4.69, 9.17) is 12.2 Å². The van der Waals surface area contributed by atoms with Crippen LogP contribution in [0.1, 0.15) is 5.56 Å². The van der Waals surface area contributed by atoms with Gasteiger partial charge in [0.25, 0.3) is 0 Å². The smallest absolute Gasteiger partial charge is 0.317 e. The lowest BCUT2D eigenvalue weighted by molar-refractivity contribution is -0.142. The Morgan fingerprint density at radius 1 is 0.780 bits per heavy atom. The number of thiocarbonyl (C=S) groups is 1. The van der Waals surface area contributed by atoms with E-state index in [-0.39, 0.29) is 72.0 Å². The van der Waals surface area contributed by atoms with Crippen LogP contribution in [0.4, 0.5) is 5.69 Å². The SMILES string of the molecule is CSNC(=S)Nc1ccc(CC2CN(CC(=O)O)CCN(CC(=O)O)CCN(CC(=O)O)CCN2CC(=O)O)cc1. The van der Waals surface area contributed by atoms with Crippen molar-refractivity contribution in [2.75, 3.05) is 83.6 Å². The molecule has 16 heteroatoms. The molecule has 0 aliphatic carbocycles. The zero-order valence-electron chi connectivity index (χ0n) is 22.9. The zero-order valence-corrected chi connectivity index (χ0v) is 24.5. The molecule has 228 valence electrons. The third-order valence-electron chi connectivity index (χ3n) is 6.45. The number of nitrogens with zero attached hydrogens (tertiary/aromatic N) is 4. The van der Waals surface area contributed by atoms with Crippen molar-refractivity contribution in [1.82, 2.24) is 24.3 Å². The van der Waals surface area contributed by atoms with Gasteiger partial charge in [-0.05, 0) is 36.3 Å². The number of anilines is 1. The van der Waals surface area contributed by atoms with Crippen molar-refractivity contribution in [2.45, 2.75) is 12.5 Å². The van der Waals surface area contributed by atoms with Crippen LogP contribution in [0.25, 0.3) is 0 Å². The summed E-state index contributed by atoms with van der Waals surface area (Å²) in [6.45, 7) is 0.502. The second-order valence-electron chi connectivity index (χ2n) is 9.65. The molecular formula is C25H38N6O8S2. The normalized spacial score (nSPS) is 18.5. The van der Waals surface area contributed by atoms with E-state index in [1.54, 1.807) is 19.6 Å². The molecule has 1 aromatic carbocycles. The molecule has 1 fully saturated rings. The van der Waals surface area contributed by atoms with E-state index >= 15 is 0 Å². The summed E-state index contributed by atoms with van der Waals surface area (Å²) in [7, 11) is 0. The van der Waals surface area contributed by atoms with Crippen LogP contribution >= 0.6 is 24.2 Å². The van der Waals surface area contributed by atoms with Gasteiger partial charge in [0.1, 0.15) is 0 Å². The minimum absolute atomic E-state index is 0.209. The minimum atomic E-state index is -1.06. The Bertz CT molecular complexity index is 1050. The summed E-state index contributed by atoms with van der Waals surface area (Å²) >= 11 is 6.56. The highest BCUT2D eigenvalue weighted by molar-refractivity contribution is 7.98. The monoisotopic (exact) mass is 614 g/mol. The Labute approximate surface area is 248 Å². The van der Waals surface area contributed by atoms with Crippen LogP contribution in [-0.2, 0) is 25.6 Å². The molecule has 1 atom stereocenters. The van der Waals surface area contributed by atoms with Gasteiger partial charge in [0, 0.05) is 63.8 Å². The number of nitrogens with one attached hydrogen (secondary N) is 2. The molecule has 1 aromatic rings. The van der Waals surface area contributed by atoms with Crippen molar-refractivity contribution in [1.29, 1.82) is 0 Å². The largest absolute Gasteiger partial charge is 0.480 e. The lowest BCUT2D eigenvalue weighted by Crippen LogP contribution is -2.53. The first-order valence-electron chi connectivity index (χ1n) is 12.9. The van der Waals surface area contributed by atoms with Crippen molar-refractivity contribution in [2.24, 2.45) is 0 Å². The van der Waals surface area contributed by atoms with Gasteiger partial charge in [0.15, 0.2) is 5.11 Å². The predicted octanol–water partition coefficient (Wildman–Crippen LogP) is -0.278. The van der Waals surface area contributed by atoms with Gasteiger partial charge in [0.05, 0.1) is 26.2 Å². The van der Waals surface area contributed by atoms with E-state index < -0.39 is 29.9 Å². The standard InChI is InChI=1S/C25H38N6O8S2/c1-41-27-25(40)26-19-4-2-18(3-5-19)12-20-13-30(16-23(36)37)9-8-28(14-21(32)33)6-7-29(15-22(34)35)10-11-31(20)17-24(38)39/h2-5,20H,6-17H2,1H3,(H,32,33)(H,34,35)(H,36,37)(H,38,39)(H2,26,27,40). The molecule has 1 saturated heterocycles. The number of hydrogen-bond acceptors (Lipinski definition) is 10. The molecule has 0 aromatic heterocycles. The maximum atomic E-state index is 11.9. The van der Waals surface area contributed by atoms with Crippen LogP contribution in [0.15, 0.2) is 24.3 Å². The van der Waals surface area contributed by atoms with Crippen LogP contribution in [0.3, 0.4) is 0 Å². The molecular weight excluding hydrogens is 576 g/mol. The van der Waals surface area contributed by atoms with Gasteiger partial charge in [-0.15, -0.1) is 0 Å². The van der Waals surface area contributed by atoms with Crippen molar-refractivity contribution in [3.63, 3.8) is 0 Å². The first kappa shape index (κ1) is 34.2. The van der Waals surface area contributed by atoms with E-state index in [2.05, 4.69) is 10.0 Å². The van der Waals surface area contributed by atoms with E-state index in [1.165, 1.54) is 11.9 Å². The molecule has 0 radical (unpaired) electrons. The van der Waals surface area contributed by atoms with Gasteiger partial charge in [-0.2, -0.15) is 0 Å². The minimum Gasteiger partial charge on any atom is -0.480 e. The number of benzene rings is 1. The maximum Gasteiger partial charge on any atom is 0.317 e. The van der Waals surface area contributed by atoms with Crippen LogP contribution in [0.2, 0.25) is 0 Å². The quantitative estimate of drug-likeness (QED) is 0.133. The van der Waals surface area contributed by atoms with Crippen molar-refractivity contribution in [3.05, 3.63) is 29.8 Å². The fourth-order valence-electron chi connectivity index (χ4n) is 4.60. The number of hydrogen-bond donors (Lipinski definition) is 6. The fraction of sp³-hybridized carbons (Fsp3) is 0.560. The summed E-state index contributed by atoms with van der Waals surface area (Å²) in [5, 5.41) is 41.5. The molecule has 0 amide bonds. The molecule has 1 heterocycles. The van der Waals surface area contributed by atoms with Gasteiger partial charge in [-0.1, -0.05) is 24.1 Å². The van der Waals surface area contributed by atoms with E-state index in [0.29, 0.717) is 11.5 Å². The summed E-state index contributed by atoms with van der Waals surface area (Å²) in [6, 6.07) is 7.02. The average Bonchev–Trinajstić information content (AvgIpc) is 2.86. The number of carboxylic acid groups (broad SMARTS) is 4. The van der Waals surface area contributed by atoms with Crippen LogP contribution in [-0.4, -0.2) is 153 Å². The molecule has 14 nitrogen and oxygen atoms in total. The van der Waals surface area contributed by atoms with E-state index in [9.17, 15) is 39.6 Å². The third-order valence-corrected chi connectivity index (χ3v) is 7.19. The molecule has 1 unspecified atom stereocenters. The van der Waals surface area contributed by atoms with E-state index in [1.807, 2.05) is 30.5 Å². The van der Waals surface area contributed by atoms with E-state index in [0.717, 1.165) is 11.3 Å². The first-order chi connectivity index (χ1) is 19.4. The molecule has 1 aliphatic heterocycles. The summed E-state index contributed by atoms with van der Waals surface area (Å²) in [4.78, 5) is 53.2. The number of rotatable bonds is 12. The van der Waals surface area contributed by atoms with Crippen LogP contribution in [0, 0.1) is 0 Å². The second-order valence-corrected chi connectivity index (χ2v) is 10.7. The Hall–Kier alpha value is -3.02. The molecule has 41 heavy (non-hydrogen) atoms. The zero-order chi connectivity index (χ0) is 30.4. The summed E-state index contributed by atoms with van der Waals surface area (Å²) < 4.78 is 2.93. The lowest BCUT2D eigenvalue weighted by atomic mass is 10.0. The topological polar surface area (TPSA) is 186 Å². The first-order valence-corrected chi connectivity index (χ1v) is 14.6. The third kappa shape index (κ3) is 13.9. The molecule has 0 saturated carbocycles. The average molecular weight is 615 g/mol. The number of carbonyl (C=O) groups is 4. The number of carboxylic acids is 4. The van der Waals surface area contributed by atoms with Gasteiger partial charge in [0.2, 0.25) is 0 Å². The van der Waals surface area contributed by atoms with Crippen molar-refractivity contribution >= 4 is 58.8 Å². The Morgan fingerprint density at radius 2 is 1.24 bits per heavy atom. The summed E-state index contributed by atoms with van der Waals surface area (Å²) in [6.07, 6.45) is 2.25. The van der Waals surface area contributed by atoms with Gasteiger partial charge in [-0.3, -0.25) is 38.8 Å². The van der Waals surface area contributed by atoms with Gasteiger partial charge in [-0.25, -0.2) is 0 Å². The summed E-state index contributed by atoms with van der Waals surface area (Å²) in [5.74, 6) is -4.20.